The number of H-pyrrole nitrogens is 1. The lowest BCUT2D eigenvalue weighted by atomic mass is 10.1. The van der Waals surface area contributed by atoms with Gasteiger partial charge in [0.05, 0.1) is 12.8 Å². The minimum Gasteiger partial charge on any atom is -0.494 e. The maximum absolute atomic E-state index is 6.22. The largest absolute Gasteiger partial charge is 0.494 e. The number of benzene rings is 1. The van der Waals surface area contributed by atoms with Crippen molar-refractivity contribution in [3.63, 3.8) is 0 Å². The molecule has 0 atom stereocenters. The summed E-state index contributed by atoms with van der Waals surface area (Å²) in [4.78, 5) is 0. The van der Waals surface area contributed by atoms with Crippen LogP contribution in [-0.4, -0.2) is 24.1 Å². The van der Waals surface area contributed by atoms with Crippen molar-refractivity contribution in [2.24, 2.45) is 0 Å². The van der Waals surface area contributed by atoms with Crippen LogP contribution in [0.3, 0.4) is 0 Å². The number of hydrogen-bond donors (Lipinski definition) is 2. The summed E-state index contributed by atoms with van der Waals surface area (Å²) in [6.07, 6.45) is 0. The van der Waals surface area contributed by atoms with Gasteiger partial charge in [0, 0.05) is 11.6 Å². The fraction of sp³-hybridized carbons (Fsp3) is 0.182. The van der Waals surface area contributed by atoms with Crippen molar-refractivity contribution in [2.75, 3.05) is 19.6 Å². The third-order valence-electron chi connectivity index (χ3n) is 2.65. The highest BCUT2D eigenvalue weighted by molar-refractivity contribution is 6.34. The van der Waals surface area contributed by atoms with Crippen LogP contribution < -0.4 is 19.9 Å². The highest BCUT2D eigenvalue weighted by Gasteiger charge is 2.25. The molecule has 0 radical (unpaired) electrons. The molecule has 18 heavy (non-hydrogen) atoms. The molecular weight excluding hydrogens is 258 g/mol. The molecule has 2 aromatic rings. The SMILES string of the molecule is COc1c(-c2cc(N)n[nH]2)cc2c(c1Cl)OCO2. The molecule has 0 saturated carbocycles. The predicted molar refractivity (Wildman–Crippen MR) is 66.1 cm³/mol. The molecule has 0 aliphatic carbocycles. The van der Waals surface area contributed by atoms with E-state index in [1.165, 1.54) is 7.11 Å². The summed E-state index contributed by atoms with van der Waals surface area (Å²) in [6.45, 7) is 0.146. The molecule has 3 rings (SSSR count). The lowest BCUT2D eigenvalue weighted by Gasteiger charge is -2.10. The van der Waals surface area contributed by atoms with Crippen LogP contribution in [0.2, 0.25) is 5.02 Å². The third-order valence-corrected chi connectivity index (χ3v) is 3.00. The predicted octanol–water partition coefficient (Wildman–Crippen LogP) is 2.05. The van der Waals surface area contributed by atoms with E-state index in [0.717, 1.165) is 5.56 Å². The van der Waals surface area contributed by atoms with E-state index in [0.29, 0.717) is 33.8 Å². The molecule has 0 unspecified atom stereocenters. The summed E-state index contributed by atoms with van der Waals surface area (Å²) in [5.74, 6) is 1.94. The number of rotatable bonds is 2. The first-order valence-corrected chi connectivity index (χ1v) is 5.56. The Morgan fingerprint density at radius 2 is 2.28 bits per heavy atom. The van der Waals surface area contributed by atoms with Crippen molar-refractivity contribution in [3.8, 4) is 28.5 Å². The number of ether oxygens (including phenoxy) is 3. The number of aromatic amines is 1. The van der Waals surface area contributed by atoms with E-state index >= 15 is 0 Å². The number of nitrogens with two attached hydrogens (primary N) is 1. The van der Waals surface area contributed by atoms with Crippen LogP contribution in [0.4, 0.5) is 5.82 Å². The molecule has 0 bridgehead atoms. The second-order valence-corrected chi connectivity index (χ2v) is 4.09. The Labute approximate surface area is 108 Å². The fourth-order valence-electron chi connectivity index (χ4n) is 1.86. The Morgan fingerprint density at radius 3 is 2.94 bits per heavy atom. The molecule has 1 aromatic carbocycles. The van der Waals surface area contributed by atoms with E-state index in [1.807, 2.05) is 0 Å². The van der Waals surface area contributed by atoms with Gasteiger partial charge in [-0.3, -0.25) is 5.10 Å². The van der Waals surface area contributed by atoms with E-state index in [2.05, 4.69) is 10.2 Å². The second kappa shape index (κ2) is 3.99. The molecule has 3 N–H and O–H groups in total. The molecule has 0 fully saturated rings. The minimum atomic E-state index is 0.146. The van der Waals surface area contributed by atoms with Gasteiger partial charge in [-0.05, 0) is 6.07 Å². The van der Waals surface area contributed by atoms with Gasteiger partial charge in [-0.1, -0.05) is 11.6 Å². The fourth-order valence-corrected chi connectivity index (χ4v) is 2.19. The van der Waals surface area contributed by atoms with Gasteiger partial charge in [-0.25, -0.2) is 0 Å². The highest BCUT2D eigenvalue weighted by Crippen LogP contribution is 2.49. The summed E-state index contributed by atoms with van der Waals surface area (Å²) < 4.78 is 15.9. The van der Waals surface area contributed by atoms with Crippen molar-refractivity contribution < 1.29 is 14.2 Å². The van der Waals surface area contributed by atoms with E-state index in [4.69, 9.17) is 31.5 Å². The number of nitrogen functional groups attached to an aromatic ring is 1. The number of nitrogens with zero attached hydrogens (tertiary/aromatic N) is 1. The molecule has 2 heterocycles. The molecule has 0 amide bonds. The molecule has 1 aliphatic heterocycles. The third kappa shape index (κ3) is 1.53. The zero-order valence-corrected chi connectivity index (χ0v) is 10.2. The van der Waals surface area contributed by atoms with E-state index in [-0.39, 0.29) is 6.79 Å². The first-order chi connectivity index (χ1) is 8.70. The summed E-state index contributed by atoms with van der Waals surface area (Å²) in [6, 6.07) is 3.47. The van der Waals surface area contributed by atoms with Crippen molar-refractivity contribution >= 4 is 17.4 Å². The maximum Gasteiger partial charge on any atom is 0.231 e. The van der Waals surface area contributed by atoms with Crippen molar-refractivity contribution in [1.82, 2.24) is 10.2 Å². The van der Waals surface area contributed by atoms with E-state index in [9.17, 15) is 0 Å². The van der Waals surface area contributed by atoms with Crippen LogP contribution in [0, 0.1) is 0 Å². The van der Waals surface area contributed by atoms with Gasteiger partial charge in [0.15, 0.2) is 17.2 Å². The number of aromatic nitrogens is 2. The van der Waals surface area contributed by atoms with Gasteiger partial charge in [0.2, 0.25) is 6.79 Å². The lowest BCUT2D eigenvalue weighted by molar-refractivity contribution is 0.174. The van der Waals surface area contributed by atoms with Crippen LogP contribution in [0.1, 0.15) is 0 Å². The van der Waals surface area contributed by atoms with Crippen molar-refractivity contribution in [3.05, 3.63) is 17.2 Å². The van der Waals surface area contributed by atoms with Crippen LogP contribution >= 0.6 is 11.6 Å². The minimum absolute atomic E-state index is 0.146. The lowest BCUT2D eigenvalue weighted by Crippen LogP contribution is -1.93. The Bertz CT molecular complexity index is 612. The number of halogens is 1. The normalized spacial score (nSPS) is 12.8. The quantitative estimate of drug-likeness (QED) is 0.870. The Balaban J connectivity index is 2.23. The molecule has 1 aromatic heterocycles. The van der Waals surface area contributed by atoms with Crippen molar-refractivity contribution in [1.29, 1.82) is 0 Å². The molecule has 7 heteroatoms. The smallest absolute Gasteiger partial charge is 0.231 e. The van der Waals surface area contributed by atoms with Crippen molar-refractivity contribution in [2.45, 2.75) is 0 Å². The van der Waals surface area contributed by atoms with Gasteiger partial charge < -0.3 is 19.9 Å². The number of hydrogen-bond acceptors (Lipinski definition) is 5. The second-order valence-electron chi connectivity index (χ2n) is 3.71. The average Bonchev–Trinajstić information content (AvgIpc) is 2.97. The van der Waals surface area contributed by atoms with Gasteiger partial charge >= 0.3 is 0 Å². The molecule has 94 valence electrons. The summed E-state index contributed by atoms with van der Waals surface area (Å²) in [5.41, 5.74) is 7.00. The Kier molecular flexibility index (Phi) is 2.45. The monoisotopic (exact) mass is 267 g/mol. The molecule has 0 spiro atoms. The van der Waals surface area contributed by atoms with Gasteiger partial charge in [-0.15, -0.1) is 0 Å². The zero-order chi connectivity index (χ0) is 12.7. The van der Waals surface area contributed by atoms with Gasteiger partial charge in [0.25, 0.3) is 0 Å². The zero-order valence-electron chi connectivity index (χ0n) is 9.49. The number of fused-ring (bicyclic) bond motifs is 1. The standard InChI is InChI=1S/C11H10ClN3O3/c1-16-10-5(6-3-8(13)15-14-6)2-7-11(9(10)12)18-4-17-7/h2-3H,4H2,1H3,(H3,13,14,15). The molecule has 0 saturated heterocycles. The topological polar surface area (TPSA) is 82.4 Å². The first kappa shape index (κ1) is 11.0. The van der Waals surface area contributed by atoms with Crippen LogP contribution in [0.15, 0.2) is 12.1 Å². The van der Waals surface area contributed by atoms with Crippen LogP contribution in [0.5, 0.6) is 17.2 Å². The molecule has 6 nitrogen and oxygen atoms in total. The van der Waals surface area contributed by atoms with Crippen LogP contribution in [-0.2, 0) is 0 Å². The highest BCUT2D eigenvalue weighted by atomic mass is 35.5. The number of methoxy groups -OCH3 is 1. The van der Waals surface area contributed by atoms with Gasteiger partial charge in [0.1, 0.15) is 10.8 Å². The maximum atomic E-state index is 6.22. The Hall–Kier alpha value is -2.08. The Morgan fingerprint density at radius 1 is 1.44 bits per heavy atom. The van der Waals surface area contributed by atoms with E-state index < -0.39 is 0 Å². The van der Waals surface area contributed by atoms with Crippen LogP contribution in [0.25, 0.3) is 11.3 Å². The summed E-state index contributed by atoms with van der Waals surface area (Å²) in [5, 5.41) is 7.05. The van der Waals surface area contributed by atoms with Gasteiger partial charge in [-0.2, -0.15) is 5.10 Å². The molecule has 1 aliphatic rings. The number of nitrogens with one attached hydrogen (secondary N) is 1. The number of anilines is 1. The molecular formula is C11H10ClN3O3. The van der Waals surface area contributed by atoms with E-state index in [1.54, 1.807) is 12.1 Å². The first-order valence-electron chi connectivity index (χ1n) is 5.18. The summed E-state index contributed by atoms with van der Waals surface area (Å²) in [7, 11) is 1.53. The summed E-state index contributed by atoms with van der Waals surface area (Å²) >= 11 is 6.22. The average molecular weight is 268 g/mol.